The number of anilines is 1. The van der Waals surface area contributed by atoms with E-state index in [-0.39, 0.29) is 21.0 Å². The van der Waals surface area contributed by atoms with Gasteiger partial charge in [-0.2, -0.15) is 13.5 Å². The van der Waals surface area contributed by atoms with Gasteiger partial charge in [0.25, 0.3) is 10.0 Å². The predicted octanol–water partition coefficient (Wildman–Crippen LogP) is 1.32. The predicted molar refractivity (Wildman–Crippen MR) is 66.1 cm³/mol. The van der Waals surface area contributed by atoms with Gasteiger partial charge in [0.2, 0.25) is 0 Å². The van der Waals surface area contributed by atoms with Gasteiger partial charge in [0.15, 0.2) is 15.3 Å². The summed E-state index contributed by atoms with van der Waals surface area (Å²) in [6.45, 7) is 0. The topological polar surface area (TPSA) is 89.8 Å². The minimum atomic E-state index is -3.84. The van der Waals surface area contributed by atoms with E-state index in [1.165, 1.54) is 24.0 Å². The Labute approximate surface area is 113 Å². The summed E-state index contributed by atoms with van der Waals surface area (Å²) in [4.78, 5) is 7.30. The molecular formula is C8H7Cl2N5O2S. The van der Waals surface area contributed by atoms with Crippen LogP contribution in [0.5, 0.6) is 0 Å². The molecule has 18 heavy (non-hydrogen) atoms. The zero-order valence-electron chi connectivity index (χ0n) is 9.00. The lowest BCUT2D eigenvalue weighted by molar-refractivity contribution is 0.582. The van der Waals surface area contributed by atoms with Crippen molar-refractivity contribution in [1.29, 1.82) is 0 Å². The number of nitrogens with one attached hydrogen (secondary N) is 1. The third-order valence-corrected chi connectivity index (χ3v) is 4.04. The Morgan fingerprint density at radius 1 is 1.28 bits per heavy atom. The van der Waals surface area contributed by atoms with Crippen LogP contribution in [0, 0.1) is 0 Å². The minimum Gasteiger partial charge on any atom is -0.272 e. The van der Waals surface area contributed by atoms with Crippen LogP contribution in [0.25, 0.3) is 0 Å². The van der Waals surface area contributed by atoms with Gasteiger partial charge in [-0.05, 0) is 6.07 Å². The second-order valence-electron chi connectivity index (χ2n) is 3.23. The fourth-order valence-corrected chi connectivity index (χ4v) is 2.96. The zero-order valence-corrected chi connectivity index (χ0v) is 11.3. The first-order chi connectivity index (χ1) is 8.42. The molecular weight excluding hydrogens is 301 g/mol. The third-order valence-electron chi connectivity index (χ3n) is 2.04. The maximum atomic E-state index is 12.0. The Kier molecular flexibility index (Phi) is 3.42. The number of aromatic nitrogens is 4. The summed E-state index contributed by atoms with van der Waals surface area (Å²) >= 11 is 11.5. The van der Waals surface area contributed by atoms with Crippen molar-refractivity contribution >= 4 is 38.9 Å². The highest BCUT2D eigenvalue weighted by atomic mass is 35.5. The Bertz CT molecular complexity index is 664. The maximum absolute atomic E-state index is 12.0. The fourth-order valence-electron chi connectivity index (χ4n) is 1.24. The highest BCUT2D eigenvalue weighted by Crippen LogP contribution is 2.28. The molecule has 2 aromatic rings. The molecule has 0 unspecified atom stereocenters. The number of halogens is 2. The summed E-state index contributed by atoms with van der Waals surface area (Å²) in [7, 11) is -2.34. The van der Waals surface area contributed by atoms with Crippen LogP contribution in [-0.4, -0.2) is 28.2 Å². The average Bonchev–Trinajstić information content (AvgIpc) is 2.71. The van der Waals surface area contributed by atoms with Crippen LogP contribution in [0.4, 0.5) is 5.69 Å². The van der Waals surface area contributed by atoms with Gasteiger partial charge in [0, 0.05) is 7.05 Å². The van der Waals surface area contributed by atoms with Gasteiger partial charge in [0.05, 0.1) is 6.20 Å². The highest BCUT2D eigenvalue weighted by Gasteiger charge is 2.21. The normalized spacial score (nSPS) is 11.5. The van der Waals surface area contributed by atoms with Crippen LogP contribution in [0.3, 0.4) is 0 Å². The number of hydrogen-bond donors (Lipinski definition) is 1. The molecule has 0 saturated heterocycles. The lowest BCUT2D eigenvalue weighted by Gasteiger charge is -2.09. The Morgan fingerprint density at radius 3 is 2.39 bits per heavy atom. The summed E-state index contributed by atoms with van der Waals surface area (Å²) < 4.78 is 27.5. The molecule has 2 aromatic heterocycles. The zero-order chi connectivity index (χ0) is 13.3. The summed E-state index contributed by atoms with van der Waals surface area (Å²) in [5.41, 5.74) is -0.0676. The third kappa shape index (κ3) is 2.40. The van der Waals surface area contributed by atoms with Crippen molar-refractivity contribution in [3.63, 3.8) is 0 Å². The first kappa shape index (κ1) is 13.1. The van der Waals surface area contributed by atoms with E-state index in [1.807, 2.05) is 0 Å². The molecule has 2 rings (SSSR count). The maximum Gasteiger partial charge on any atom is 0.279 e. The minimum absolute atomic E-state index is 0.0292. The van der Waals surface area contributed by atoms with Gasteiger partial charge in [0.1, 0.15) is 12.0 Å². The number of hydrogen-bond acceptors (Lipinski definition) is 5. The van der Waals surface area contributed by atoms with Gasteiger partial charge in [-0.25, -0.2) is 9.97 Å². The van der Waals surface area contributed by atoms with Crippen molar-refractivity contribution in [3.05, 3.63) is 28.9 Å². The second-order valence-corrected chi connectivity index (χ2v) is 5.57. The summed E-state index contributed by atoms with van der Waals surface area (Å²) in [6.07, 6.45) is 2.49. The lowest BCUT2D eigenvalue weighted by Crippen LogP contribution is -2.17. The Hall–Kier alpha value is -1.38. The number of rotatable bonds is 3. The van der Waals surface area contributed by atoms with E-state index in [9.17, 15) is 8.42 Å². The molecule has 10 heteroatoms. The van der Waals surface area contributed by atoms with Gasteiger partial charge < -0.3 is 0 Å². The van der Waals surface area contributed by atoms with Crippen molar-refractivity contribution in [2.24, 2.45) is 7.05 Å². The van der Waals surface area contributed by atoms with Crippen molar-refractivity contribution in [2.45, 2.75) is 5.03 Å². The average molecular weight is 308 g/mol. The largest absolute Gasteiger partial charge is 0.279 e. The van der Waals surface area contributed by atoms with Crippen LogP contribution < -0.4 is 4.72 Å². The number of aryl methyl sites for hydroxylation is 1. The highest BCUT2D eigenvalue weighted by molar-refractivity contribution is 7.92. The molecule has 7 nitrogen and oxygen atoms in total. The van der Waals surface area contributed by atoms with E-state index in [1.54, 1.807) is 0 Å². The molecule has 0 radical (unpaired) electrons. The lowest BCUT2D eigenvalue weighted by atomic mass is 10.6. The van der Waals surface area contributed by atoms with Crippen molar-refractivity contribution in [3.8, 4) is 0 Å². The van der Waals surface area contributed by atoms with Crippen molar-refractivity contribution in [1.82, 2.24) is 19.7 Å². The molecule has 0 aliphatic carbocycles. The first-order valence-corrected chi connectivity index (χ1v) is 6.82. The first-order valence-electron chi connectivity index (χ1n) is 4.58. The van der Waals surface area contributed by atoms with E-state index in [0.717, 1.165) is 6.33 Å². The molecule has 0 spiro atoms. The van der Waals surface area contributed by atoms with Gasteiger partial charge in [-0.15, -0.1) is 0 Å². The molecule has 0 aromatic carbocycles. The molecule has 0 fully saturated rings. The summed E-state index contributed by atoms with van der Waals surface area (Å²) in [5.74, 6) is 0. The SMILES string of the molecule is Cn1nccc1S(=O)(=O)Nc1c(Cl)ncnc1Cl. The fraction of sp³-hybridized carbons (Fsp3) is 0.125. The number of sulfonamides is 1. The summed E-state index contributed by atoms with van der Waals surface area (Å²) in [6, 6.07) is 1.34. The van der Waals surface area contributed by atoms with Crippen LogP contribution in [-0.2, 0) is 17.1 Å². The Morgan fingerprint density at radius 2 is 1.89 bits per heavy atom. The van der Waals surface area contributed by atoms with Gasteiger partial charge >= 0.3 is 0 Å². The van der Waals surface area contributed by atoms with Crippen LogP contribution >= 0.6 is 23.2 Å². The standard InChI is InChI=1S/C8H7Cl2N5O2S/c1-15-5(2-3-13-15)18(16,17)14-6-7(9)11-4-12-8(6)10/h2-4,14H,1H3. The van der Waals surface area contributed by atoms with Crippen molar-refractivity contribution < 1.29 is 8.42 Å². The number of nitrogens with zero attached hydrogens (tertiary/aromatic N) is 4. The van der Waals surface area contributed by atoms with Gasteiger partial charge in [-0.3, -0.25) is 9.40 Å². The molecule has 0 atom stereocenters. The van der Waals surface area contributed by atoms with E-state index >= 15 is 0 Å². The molecule has 0 bridgehead atoms. The van der Waals surface area contributed by atoms with Crippen LogP contribution in [0.2, 0.25) is 10.3 Å². The molecule has 1 N–H and O–H groups in total. The molecule has 96 valence electrons. The quantitative estimate of drug-likeness (QED) is 0.864. The molecule has 0 aliphatic rings. The molecule has 0 saturated carbocycles. The van der Waals surface area contributed by atoms with E-state index in [4.69, 9.17) is 23.2 Å². The molecule has 0 amide bonds. The smallest absolute Gasteiger partial charge is 0.272 e. The Balaban J connectivity index is 2.44. The summed E-state index contributed by atoms with van der Waals surface area (Å²) in [5, 5.41) is 3.58. The monoisotopic (exact) mass is 307 g/mol. The van der Waals surface area contributed by atoms with Crippen molar-refractivity contribution in [2.75, 3.05) is 4.72 Å². The van der Waals surface area contributed by atoms with Gasteiger partial charge in [-0.1, -0.05) is 23.2 Å². The van der Waals surface area contributed by atoms with E-state index < -0.39 is 10.0 Å². The van der Waals surface area contributed by atoms with E-state index in [2.05, 4.69) is 19.8 Å². The van der Waals surface area contributed by atoms with Crippen LogP contribution in [0.15, 0.2) is 23.6 Å². The molecule has 2 heterocycles. The second kappa shape index (κ2) is 4.71. The van der Waals surface area contributed by atoms with E-state index in [0.29, 0.717) is 0 Å². The molecule has 0 aliphatic heterocycles. The van der Waals surface area contributed by atoms with Crippen LogP contribution in [0.1, 0.15) is 0 Å².